The Labute approximate surface area is 124 Å². The van der Waals surface area contributed by atoms with Crippen LogP contribution >= 0.6 is 0 Å². The molecule has 21 heavy (non-hydrogen) atoms. The van der Waals surface area contributed by atoms with Crippen LogP contribution in [0.5, 0.6) is 5.75 Å². The highest BCUT2D eigenvalue weighted by Gasteiger charge is 2.31. The first-order chi connectivity index (χ1) is 9.86. The van der Waals surface area contributed by atoms with E-state index in [2.05, 4.69) is 0 Å². The lowest BCUT2D eigenvalue weighted by Crippen LogP contribution is -2.40. The molecule has 0 radical (unpaired) electrons. The second-order valence-corrected chi connectivity index (χ2v) is 6.83. The number of hydrogen-bond acceptors (Lipinski definition) is 6. The molecular weight excluding hydrogens is 297 g/mol. The highest BCUT2D eigenvalue weighted by molar-refractivity contribution is 7.89. The maximum atomic E-state index is 12.6. The molecule has 0 aromatic heterocycles. The van der Waals surface area contributed by atoms with Gasteiger partial charge in [-0.3, -0.25) is 0 Å². The molecule has 1 aliphatic heterocycles. The topological polar surface area (TPSA) is 107 Å². The second kappa shape index (κ2) is 6.33. The van der Waals surface area contributed by atoms with Gasteiger partial charge in [-0.15, -0.1) is 0 Å². The zero-order chi connectivity index (χ0) is 15.6. The fourth-order valence-electron chi connectivity index (χ4n) is 2.28. The quantitative estimate of drug-likeness (QED) is 0.585. The van der Waals surface area contributed by atoms with Crippen LogP contribution in [0, 0.1) is 0 Å². The van der Waals surface area contributed by atoms with Gasteiger partial charge in [0.05, 0.1) is 13.2 Å². The van der Waals surface area contributed by atoms with Crippen LogP contribution in [0.3, 0.4) is 0 Å². The van der Waals surface area contributed by atoms with Crippen LogP contribution in [0.25, 0.3) is 0 Å². The summed E-state index contributed by atoms with van der Waals surface area (Å²) in [5, 5.41) is 27.9. The average molecular weight is 315 g/mol. The maximum absolute atomic E-state index is 12.6. The minimum absolute atomic E-state index is 0.0754. The Hall–Kier alpha value is -1.13. The molecule has 0 atom stereocenters. The molecule has 0 amide bonds. The summed E-state index contributed by atoms with van der Waals surface area (Å²) in [5.41, 5.74) is 0.0754. The molecule has 1 fully saturated rings. The van der Waals surface area contributed by atoms with Gasteiger partial charge in [0.15, 0.2) is 0 Å². The van der Waals surface area contributed by atoms with Gasteiger partial charge in [-0.1, -0.05) is 6.07 Å². The number of benzene rings is 1. The van der Waals surface area contributed by atoms with Gasteiger partial charge in [0.1, 0.15) is 10.6 Å². The summed E-state index contributed by atoms with van der Waals surface area (Å²) in [5.74, 6) is 0.144. The molecule has 2 rings (SSSR count). The Morgan fingerprint density at radius 3 is 2.43 bits per heavy atom. The van der Waals surface area contributed by atoms with Crippen molar-refractivity contribution in [2.45, 2.75) is 23.8 Å². The summed E-state index contributed by atoms with van der Waals surface area (Å²) >= 11 is 0. The van der Waals surface area contributed by atoms with Gasteiger partial charge in [0.25, 0.3) is 0 Å². The molecule has 1 aliphatic rings. The number of ether oxygens (including phenoxy) is 1. The molecule has 1 aromatic rings. The standard InChI is InChI=1S/C12H18BNO6S/c1-20-11-3-2-9(13(16)17)8-12(11)21(18,19)14-6-4-10(15)5-7-14/h2-3,8,10,15-17H,4-7H2,1H3. The molecule has 7 nitrogen and oxygen atoms in total. The van der Waals surface area contributed by atoms with E-state index in [1.165, 1.54) is 29.6 Å². The minimum atomic E-state index is -3.81. The van der Waals surface area contributed by atoms with E-state index >= 15 is 0 Å². The molecule has 0 saturated carbocycles. The summed E-state index contributed by atoms with van der Waals surface area (Å²) in [6.45, 7) is 0.442. The number of aliphatic hydroxyl groups is 1. The van der Waals surface area contributed by atoms with Crippen LogP contribution in [-0.2, 0) is 10.0 Å². The van der Waals surface area contributed by atoms with Crippen molar-refractivity contribution < 1.29 is 28.3 Å². The summed E-state index contributed by atoms with van der Waals surface area (Å²) in [6.07, 6.45) is 0.275. The van der Waals surface area contributed by atoms with Crippen LogP contribution in [0.1, 0.15) is 12.8 Å². The Morgan fingerprint density at radius 2 is 1.90 bits per heavy atom. The second-order valence-electron chi connectivity index (χ2n) is 4.92. The predicted octanol–water partition coefficient (Wildman–Crippen LogP) is -1.48. The van der Waals surface area contributed by atoms with Gasteiger partial charge in [-0.25, -0.2) is 8.42 Å². The summed E-state index contributed by atoms with van der Waals surface area (Å²) in [4.78, 5) is -0.105. The van der Waals surface area contributed by atoms with Crippen LogP contribution in [0.15, 0.2) is 23.1 Å². The fraction of sp³-hybridized carbons (Fsp3) is 0.500. The number of rotatable bonds is 4. The molecule has 1 aromatic carbocycles. The van der Waals surface area contributed by atoms with Crippen molar-refractivity contribution in [1.82, 2.24) is 4.31 Å². The van der Waals surface area contributed by atoms with E-state index in [1.807, 2.05) is 0 Å². The molecule has 0 aliphatic carbocycles. The molecule has 0 spiro atoms. The molecule has 1 saturated heterocycles. The summed E-state index contributed by atoms with van der Waals surface area (Å²) in [6, 6.07) is 3.98. The first-order valence-electron chi connectivity index (χ1n) is 6.58. The van der Waals surface area contributed by atoms with E-state index in [9.17, 15) is 23.6 Å². The third-order valence-corrected chi connectivity index (χ3v) is 5.45. The molecule has 0 bridgehead atoms. The van der Waals surface area contributed by atoms with Crippen molar-refractivity contribution >= 4 is 22.6 Å². The molecular formula is C12H18BNO6S. The van der Waals surface area contributed by atoms with Gasteiger partial charge < -0.3 is 19.9 Å². The number of hydrogen-bond donors (Lipinski definition) is 3. The van der Waals surface area contributed by atoms with Gasteiger partial charge in [-0.2, -0.15) is 4.31 Å². The lowest BCUT2D eigenvalue weighted by Gasteiger charge is -2.29. The average Bonchev–Trinajstić information content (AvgIpc) is 2.46. The number of sulfonamides is 1. The lowest BCUT2D eigenvalue weighted by molar-refractivity contribution is 0.113. The monoisotopic (exact) mass is 315 g/mol. The first kappa shape index (κ1) is 16.2. The first-order valence-corrected chi connectivity index (χ1v) is 8.02. The zero-order valence-corrected chi connectivity index (χ0v) is 12.5. The molecule has 1 heterocycles. The van der Waals surface area contributed by atoms with Gasteiger partial charge in [0.2, 0.25) is 10.0 Å². The smallest absolute Gasteiger partial charge is 0.488 e. The Kier molecular flexibility index (Phi) is 4.90. The summed E-state index contributed by atoms with van der Waals surface area (Å²) in [7, 11) is -4.22. The van der Waals surface area contributed by atoms with E-state index in [4.69, 9.17) is 4.74 Å². The van der Waals surface area contributed by atoms with E-state index in [0.717, 1.165) is 0 Å². The predicted molar refractivity (Wildman–Crippen MR) is 76.8 cm³/mol. The Balaban J connectivity index is 2.40. The highest BCUT2D eigenvalue weighted by Crippen LogP contribution is 2.27. The molecule has 9 heteroatoms. The van der Waals surface area contributed by atoms with Crippen molar-refractivity contribution in [1.29, 1.82) is 0 Å². The van der Waals surface area contributed by atoms with Crippen LogP contribution in [0.4, 0.5) is 0 Å². The third-order valence-electron chi connectivity index (χ3n) is 3.53. The normalized spacial score (nSPS) is 17.7. The number of nitrogens with zero attached hydrogens (tertiary/aromatic N) is 1. The maximum Gasteiger partial charge on any atom is 0.488 e. The van der Waals surface area contributed by atoms with E-state index in [1.54, 1.807) is 0 Å². The SMILES string of the molecule is COc1ccc(B(O)O)cc1S(=O)(=O)N1CCC(O)CC1. The van der Waals surface area contributed by atoms with Gasteiger partial charge >= 0.3 is 7.12 Å². The number of piperidine rings is 1. The highest BCUT2D eigenvalue weighted by atomic mass is 32.2. The van der Waals surface area contributed by atoms with Crippen molar-refractivity contribution in [3.63, 3.8) is 0 Å². The molecule has 0 unspecified atom stereocenters. The number of methoxy groups -OCH3 is 1. The van der Waals surface area contributed by atoms with Crippen molar-refractivity contribution in [2.75, 3.05) is 20.2 Å². The lowest BCUT2D eigenvalue weighted by atomic mass is 9.80. The number of aliphatic hydroxyl groups excluding tert-OH is 1. The largest absolute Gasteiger partial charge is 0.495 e. The fourth-order valence-corrected chi connectivity index (χ4v) is 3.94. The van der Waals surface area contributed by atoms with Crippen LogP contribution in [0.2, 0.25) is 0 Å². The zero-order valence-electron chi connectivity index (χ0n) is 11.6. The van der Waals surface area contributed by atoms with Crippen molar-refractivity contribution in [2.24, 2.45) is 0 Å². The van der Waals surface area contributed by atoms with E-state index in [-0.39, 0.29) is 29.2 Å². The molecule has 116 valence electrons. The van der Waals surface area contributed by atoms with Crippen molar-refractivity contribution in [3.8, 4) is 5.75 Å². The van der Waals surface area contributed by atoms with Gasteiger partial charge in [0, 0.05) is 13.1 Å². The van der Waals surface area contributed by atoms with Crippen LogP contribution in [-0.4, -0.2) is 61.3 Å². The summed E-state index contributed by atoms with van der Waals surface area (Å²) < 4.78 is 31.6. The van der Waals surface area contributed by atoms with Gasteiger partial charge in [-0.05, 0) is 30.4 Å². The van der Waals surface area contributed by atoms with E-state index in [0.29, 0.717) is 12.8 Å². The third kappa shape index (κ3) is 3.38. The van der Waals surface area contributed by atoms with Crippen molar-refractivity contribution in [3.05, 3.63) is 18.2 Å². The molecule has 3 N–H and O–H groups in total. The Bertz CT molecular complexity index is 598. The van der Waals surface area contributed by atoms with E-state index < -0.39 is 23.2 Å². The minimum Gasteiger partial charge on any atom is -0.495 e. The Morgan fingerprint density at radius 1 is 1.29 bits per heavy atom. The van der Waals surface area contributed by atoms with Crippen LogP contribution < -0.4 is 10.2 Å².